The molecule has 1 aromatic carbocycles. The largest absolute Gasteiger partial charge is 0.493 e. The third kappa shape index (κ3) is 4.26. The predicted octanol–water partition coefficient (Wildman–Crippen LogP) is 6.57. The van der Waals surface area contributed by atoms with Crippen LogP contribution in [0.3, 0.4) is 0 Å². The van der Waals surface area contributed by atoms with Crippen LogP contribution in [0.25, 0.3) is 21.6 Å². The molecule has 3 aromatic rings. The number of unbranched alkanes of at least 4 members (excludes halogenated alkanes) is 1. The number of hydrogen-bond acceptors (Lipinski definition) is 7. The molecule has 188 valence electrons. The smallest absolute Gasteiger partial charge is 0.262 e. The Hall–Kier alpha value is -1.43. The van der Waals surface area contributed by atoms with E-state index in [-0.39, 0.29) is 17.3 Å². The van der Waals surface area contributed by atoms with Crippen molar-refractivity contribution in [3.8, 4) is 28.6 Å². The zero-order chi connectivity index (χ0) is 25.7. The monoisotopic (exact) mass is 690 g/mol. The van der Waals surface area contributed by atoms with Gasteiger partial charge >= 0.3 is 0 Å². The van der Waals surface area contributed by atoms with Gasteiger partial charge in [-0.05, 0) is 46.3 Å². The second kappa shape index (κ2) is 10.1. The molecule has 0 spiro atoms. The van der Waals surface area contributed by atoms with Gasteiger partial charge in [0.15, 0.2) is 11.5 Å². The zero-order valence-electron chi connectivity index (χ0n) is 20.0. The first-order valence-corrected chi connectivity index (χ1v) is 14.3. The molecular weight excluding hydrogens is 668 g/mol. The van der Waals surface area contributed by atoms with E-state index < -0.39 is 3.23 Å². The molecule has 1 aliphatic rings. The molecule has 0 radical (unpaired) electrons. The fraction of sp³-hybridized carbons (Fsp3) is 0.458. The van der Waals surface area contributed by atoms with Crippen LogP contribution in [0.15, 0.2) is 15.3 Å². The van der Waals surface area contributed by atoms with Crippen molar-refractivity contribution >= 4 is 75.1 Å². The number of methoxy groups -OCH3 is 3. The van der Waals surface area contributed by atoms with E-state index in [1.54, 1.807) is 24.9 Å². The molecule has 0 fully saturated rings. The van der Waals surface area contributed by atoms with Gasteiger partial charge in [0, 0.05) is 12.1 Å². The van der Waals surface area contributed by atoms with Crippen LogP contribution < -0.4 is 19.8 Å². The quantitative estimate of drug-likeness (QED) is 0.261. The minimum atomic E-state index is -0.850. The second-order valence-electron chi connectivity index (χ2n) is 8.40. The number of aromatic nitrogens is 2. The van der Waals surface area contributed by atoms with Crippen molar-refractivity contribution in [2.24, 2.45) is 5.92 Å². The summed E-state index contributed by atoms with van der Waals surface area (Å²) in [4.78, 5) is 33.3. The summed E-state index contributed by atoms with van der Waals surface area (Å²) in [5, 5.41) is 0.532. The van der Waals surface area contributed by atoms with Gasteiger partial charge in [0.05, 0.1) is 36.1 Å². The maximum atomic E-state index is 14.0. The first kappa shape index (κ1) is 26.6. The normalized spacial score (nSPS) is 16.9. The molecule has 2 aromatic heterocycles. The van der Waals surface area contributed by atoms with Crippen LogP contribution in [0.4, 0.5) is 0 Å². The Balaban J connectivity index is 2.07. The van der Waals surface area contributed by atoms with Crippen LogP contribution in [-0.4, -0.2) is 39.9 Å². The summed E-state index contributed by atoms with van der Waals surface area (Å²) in [6.07, 6.45) is 2.30. The SMILES string of the molecule is CCCCn1c(-c2cc(OC)c(OC)c(OC)c2Br)nc2sc3c(c2c1=O)CC(C)C(Br)(Br)C3=O. The highest BCUT2D eigenvalue weighted by molar-refractivity contribution is 9.26. The standard InChI is InChI=1S/C24H25Br3N2O5S/c1-6-7-8-29-21(13-10-14(32-3)17(33-4)18(34-5)16(13)25)28-22-15(23(29)31)12-9-11(2)24(26,27)20(30)19(12)35-22/h10-11H,6-9H2,1-5H3. The number of fused-ring (bicyclic) bond motifs is 3. The Morgan fingerprint density at radius 3 is 2.46 bits per heavy atom. The summed E-state index contributed by atoms with van der Waals surface area (Å²) < 4.78 is 18.1. The fourth-order valence-corrected chi connectivity index (χ4v) is 7.16. The van der Waals surface area contributed by atoms with Crippen LogP contribution in [0.1, 0.15) is 41.9 Å². The average molecular weight is 693 g/mol. The van der Waals surface area contributed by atoms with E-state index in [9.17, 15) is 9.59 Å². The molecule has 0 amide bonds. The fourth-order valence-electron chi connectivity index (χ4n) is 4.34. The lowest BCUT2D eigenvalue weighted by Crippen LogP contribution is -2.38. The average Bonchev–Trinajstić information content (AvgIpc) is 3.20. The van der Waals surface area contributed by atoms with Crippen molar-refractivity contribution in [1.29, 1.82) is 0 Å². The van der Waals surface area contributed by atoms with Gasteiger partial charge in [-0.25, -0.2) is 4.98 Å². The van der Waals surface area contributed by atoms with Crippen molar-refractivity contribution < 1.29 is 19.0 Å². The van der Waals surface area contributed by atoms with E-state index in [2.05, 4.69) is 54.7 Å². The van der Waals surface area contributed by atoms with Crippen LogP contribution in [0, 0.1) is 5.92 Å². The number of carbonyl (C=O) groups is 1. The molecule has 7 nitrogen and oxygen atoms in total. The van der Waals surface area contributed by atoms with Gasteiger partial charge in [0.2, 0.25) is 11.5 Å². The van der Waals surface area contributed by atoms with E-state index in [0.29, 0.717) is 61.2 Å². The van der Waals surface area contributed by atoms with Gasteiger partial charge in [-0.15, -0.1) is 11.3 Å². The number of Topliss-reactive ketones (excluding diaryl/α,β-unsaturated/α-hetero) is 1. The second-order valence-corrected chi connectivity index (χ2v) is 13.8. The molecule has 0 N–H and O–H groups in total. The molecule has 4 rings (SSSR count). The molecule has 0 saturated carbocycles. The van der Waals surface area contributed by atoms with Crippen LogP contribution in [-0.2, 0) is 13.0 Å². The highest BCUT2D eigenvalue weighted by Gasteiger charge is 2.46. The van der Waals surface area contributed by atoms with Gasteiger partial charge in [-0.1, -0.05) is 52.1 Å². The highest BCUT2D eigenvalue weighted by Crippen LogP contribution is 2.50. The summed E-state index contributed by atoms with van der Waals surface area (Å²) in [5.41, 5.74) is 1.28. The lowest BCUT2D eigenvalue weighted by molar-refractivity contribution is 0.0958. The van der Waals surface area contributed by atoms with E-state index in [4.69, 9.17) is 19.2 Å². The molecule has 11 heteroatoms. The number of halogens is 3. The minimum Gasteiger partial charge on any atom is -0.493 e. The van der Waals surface area contributed by atoms with Crippen molar-refractivity contribution in [1.82, 2.24) is 9.55 Å². The molecule has 0 saturated heterocycles. The summed E-state index contributed by atoms with van der Waals surface area (Å²) in [5.74, 6) is 1.70. The summed E-state index contributed by atoms with van der Waals surface area (Å²) >= 11 is 12.0. The Kier molecular flexibility index (Phi) is 7.72. The Morgan fingerprint density at radius 2 is 1.86 bits per heavy atom. The molecule has 1 aliphatic carbocycles. The lowest BCUT2D eigenvalue weighted by atomic mass is 9.87. The van der Waals surface area contributed by atoms with Gasteiger partial charge < -0.3 is 14.2 Å². The van der Waals surface area contributed by atoms with Gasteiger partial charge in [-0.2, -0.15) is 0 Å². The van der Waals surface area contributed by atoms with E-state index >= 15 is 0 Å². The van der Waals surface area contributed by atoms with Gasteiger partial charge in [0.1, 0.15) is 13.9 Å². The van der Waals surface area contributed by atoms with E-state index in [1.165, 1.54) is 18.4 Å². The Morgan fingerprint density at radius 1 is 1.17 bits per heavy atom. The third-order valence-electron chi connectivity index (χ3n) is 6.29. The predicted molar refractivity (Wildman–Crippen MR) is 149 cm³/mol. The van der Waals surface area contributed by atoms with Crippen LogP contribution in [0.2, 0.25) is 0 Å². The maximum Gasteiger partial charge on any atom is 0.262 e. The first-order valence-electron chi connectivity index (χ1n) is 11.1. The topological polar surface area (TPSA) is 79.7 Å². The highest BCUT2D eigenvalue weighted by atomic mass is 79.9. The number of benzene rings is 1. The molecule has 1 atom stereocenters. The van der Waals surface area contributed by atoms with Crippen molar-refractivity contribution in [3.63, 3.8) is 0 Å². The third-order valence-corrected chi connectivity index (χ3v) is 10.5. The van der Waals surface area contributed by atoms with Gasteiger partial charge in [0.25, 0.3) is 5.56 Å². The number of ketones is 1. The molecule has 0 bridgehead atoms. The maximum absolute atomic E-state index is 14.0. The number of rotatable bonds is 7. The van der Waals surface area contributed by atoms with Crippen molar-refractivity contribution in [2.45, 2.75) is 42.9 Å². The number of carbonyl (C=O) groups excluding carboxylic acids is 1. The number of alkyl halides is 2. The molecule has 1 unspecified atom stereocenters. The minimum absolute atomic E-state index is 0.0345. The zero-order valence-corrected chi connectivity index (χ0v) is 25.5. The summed E-state index contributed by atoms with van der Waals surface area (Å²) in [7, 11) is 4.62. The number of ether oxygens (including phenoxy) is 3. The molecule has 0 aliphatic heterocycles. The van der Waals surface area contributed by atoms with Crippen LogP contribution >= 0.6 is 59.1 Å². The van der Waals surface area contributed by atoms with Crippen molar-refractivity contribution in [2.75, 3.05) is 21.3 Å². The molecule has 2 heterocycles. The number of thiophene rings is 1. The molecule has 35 heavy (non-hydrogen) atoms. The van der Waals surface area contributed by atoms with E-state index in [0.717, 1.165) is 18.4 Å². The van der Waals surface area contributed by atoms with Crippen molar-refractivity contribution in [3.05, 3.63) is 31.3 Å². The Bertz CT molecular complexity index is 1380. The number of nitrogens with zero attached hydrogens (tertiary/aromatic N) is 2. The number of hydrogen-bond donors (Lipinski definition) is 0. The lowest BCUT2D eigenvalue weighted by Gasteiger charge is -2.30. The first-order chi connectivity index (χ1) is 16.6. The summed E-state index contributed by atoms with van der Waals surface area (Å²) in [6, 6.07) is 1.78. The van der Waals surface area contributed by atoms with Crippen LogP contribution in [0.5, 0.6) is 17.2 Å². The summed E-state index contributed by atoms with van der Waals surface area (Å²) in [6.45, 7) is 4.55. The Labute approximate surface area is 232 Å². The van der Waals surface area contributed by atoms with Gasteiger partial charge in [-0.3, -0.25) is 14.2 Å². The molecular formula is C24H25Br3N2O5S. The van der Waals surface area contributed by atoms with E-state index in [1.807, 2.05) is 6.92 Å².